The zero-order valence-electron chi connectivity index (χ0n) is 22.6. The summed E-state index contributed by atoms with van der Waals surface area (Å²) >= 11 is 0. The SMILES string of the molecule is C=C1C[C@](OC)([C@H](O)C(=O)N[C@H]2OCO[C@H]3[C@@H]2O[C@H](C[C@H]2CCC(=O)O2)C(C)(C)[C@@H]3OC)O[C@H](C)[C@@H]1C. The molecule has 4 saturated heterocycles. The molecule has 210 valence electrons. The number of fused-ring (bicyclic) bond motifs is 1. The Morgan fingerprint density at radius 1 is 1.24 bits per heavy atom. The minimum absolute atomic E-state index is 0.0548. The van der Waals surface area contributed by atoms with E-state index in [2.05, 4.69) is 11.9 Å². The van der Waals surface area contributed by atoms with Crippen LogP contribution in [0.4, 0.5) is 0 Å². The van der Waals surface area contributed by atoms with Gasteiger partial charge in [-0.2, -0.15) is 0 Å². The van der Waals surface area contributed by atoms with E-state index in [0.717, 1.165) is 5.57 Å². The van der Waals surface area contributed by atoms with Crippen LogP contribution < -0.4 is 5.32 Å². The van der Waals surface area contributed by atoms with Gasteiger partial charge in [0.1, 0.15) is 25.1 Å². The van der Waals surface area contributed by atoms with Crippen LogP contribution in [0.2, 0.25) is 0 Å². The molecule has 0 radical (unpaired) electrons. The molecule has 2 N–H and O–H groups in total. The van der Waals surface area contributed by atoms with E-state index < -0.39 is 41.6 Å². The molecule has 0 aromatic carbocycles. The van der Waals surface area contributed by atoms with Crippen molar-refractivity contribution >= 4 is 11.9 Å². The predicted octanol–water partition coefficient (Wildman–Crippen LogP) is 1.41. The third-order valence-corrected chi connectivity index (χ3v) is 8.51. The van der Waals surface area contributed by atoms with Gasteiger partial charge >= 0.3 is 5.97 Å². The molecule has 0 saturated carbocycles. The van der Waals surface area contributed by atoms with Gasteiger partial charge in [0.15, 0.2) is 12.3 Å². The monoisotopic (exact) mass is 527 g/mol. The third-order valence-electron chi connectivity index (χ3n) is 8.51. The van der Waals surface area contributed by atoms with Crippen molar-refractivity contribution in [2.24, 2.45) is 11.3 Å². The zero-order valence-corrected chi connectivity index (χ0v) is 22.6. The number of esters is 1. The van der Waals surface area contributed by atoms with E-state index in [1.165, 1.54) is 7.11 Å². The fourth-order valence-corrected chi connectivity index (χ4v) is 5.92. The van der Waals surface area contributed by atoms with Crippen LogP contribution in [0.1, 0.15) is 53.4 Å². The van der Waals surface area contributed by atoms with Crippen molar-refractivity contribution < 1.29 is 47.9 Å². The van der Waals surface area contributed by atoms with Gasteiger partial charge in [0.2, 0.25) is 5.79 Å². The predicted molar refractivity (Wildman–Crippen MR) is 129 cm³/mol. The summed E-state index contributed by atoms with van der Waals surface area (Å²) in [6.07, 6.45) is -3.52. The van der Waals surface area contributed by atoms with Crippen LogP contribution in [0.15, 0.2) is 12.2 Å². The number of rotatable bonds is 7. The molecule has 0 aliphatic carbocycles. The minimum Gasteiger partial charge on any atom is -0.462 e. The Bertz CT molecular complexity index is 879. The maximum absolute atomic E-state index is 13.3. The normalized spacial score (nSPS) is 42.6. The van der Waals surface area contributed by atoms with Crippen LogP contribution >= 0.6 is 0 Å². The molecular formula is C26H41NO10. The van der Waals surface area contributed by atoms with E-state index in [0.29, 0.717) is 19.3 Å². The maximum atomic E-state index is 13.3. The average molecular weight is 528 g/mol. The first-order chi connectivity index (χ1) is 17.4. The van der Waals surface area contributed by atoms with Gasteiger partial charge in [0.05, 0.1) is 18.3 Å². The topological polar surface area (TPSA) is 131 Å². The highest BCUT2D eigenvalue weighted by molar-refractivity contribution is 5.82. The molecule has 0 bridgehead atoms. The second kappa shape index (κ2) is 10.9. The van der Waals surface area contributed by atoms with Gasteiger partial charge in [-0.15, -0.1) is 0 Å². The number of nitrogens with one attached hydrogen (secondary N) is 1. The van der Waals surface area contributed by atoms with E-state index in [9.17, 15) is 14.7 Å². The number of hydrogen-bond acceptors (Lipinski definition) is 10. The number of aliphatic hydroxyl groups excluding tert-OH is 1. The Balaban J connectivity index is 1.51. The van der Waals surface area contributed by atoms with Gasteiger partial charge in [0, 0.05) is 44.8 Å². The average Bonchev–Trinajstić information content (AvgIpc) is 3.27. The van der Waals surface area contributed by atoms with Crippen LogP contribution in [0.3, 0.4) is 0 Å². The number of ether oxygens (including phenoxy) is 7. The fourth-order valence-electron chi connectivity index (χ4n) is 5.92. The van der Waals surface area contributed by atoms with Crippen LogP contribution in [0, 0.1) is 11.3 Å². The molecule has 4 fully saturated rings. The number of hydrogen-bond donors (Lipinski definition) is 2. The quantitative estimate of drug-likeness (QED) is 0.370. The lowest BCUT2D eigenvalue weighted by Gasteiger charge is -2.54. The highest BCUT2D eigenvalue weighted by Crippen LogP contribution is 2.44. The van der Waals surface area contributed by atoms with Crippen molar-refractivity contribution in [3.8, 4) is 0 Å². The zero-order chi connectivity index (χ0) is 27.1. The molecule has 4 heterocycles. The number of aliphatic hydroxyl groups is 1. The lowest BCUT2D eigenvalue weighted by molar-refractivity contribution is -0.332. The van der Waals surface area contributed by atoms with Gasteiger partial charge in [-0.3, -0.25) is 9.59 Å². The van der Waals surface area contributed by atoms with Gasteiger partial charge in [-0.25, -0.2) is 0 Å². The van der Waals surface area contributed by atoms with Crippen molar-refractivity contribution in [2.75, 3.05) is 21.0 Å². The summed E-state index contributed by atoms with van der Waals surface area (Å²) in [5.41, 5.74) is 0.339. The number of carbonyl (C=O) groups excluding carboxylic acids is 2. The Kier molecular flexibility index (Phi) is 8.35. The Labute approximate surface area is 218 Å². The second-order valence-electron chi connectivity index (χ2n) is 11.2. The number of methoxy groups -OCH3 is 2. The minimum atomic E-state index is -1.65. The first kappa shape index (κ1) is 28.4. The molecule has 11 heteroatoms. The first-order valence-corrected chi connectivity index (χ1v) is 12.9. The third kappa shape index (κ3) is 5.32. The summed E-state index contributed by atoms with van der Waals surface area (Å²) < 4.78 is 41.0. The van der Waals surface area contributed by atoms with Crippen molar-refractivity contribution in [2.45, 2.75) is 108 Å². The maximum Gasteiger partial charge on any atom is 0.306 e. The molecule has 37 heavy (non-hydrogen) atoms. The number of carbonyl (C=O) groups is 2. The van der Waals surface area contributed by atoms with E-state index in [1.807, 2.05) is 27.7 Å². The molecule has 0 aromatic rings. The van der Waals surface area contributed by atoms with Gasteiger partial charge in [-0.05, 0) is 13.3 Å². The van der Waals surface area contributed by atoms with Crippen molar-refractivity contribution in [1.82, 2.24) is 5.32 Å². The molecule has 0 unspecified atom stereocenters. The molecule has 1 amide bonds. The second-order valence-corrected chi connectivity index (χ2v) is 11.2. The molecular weight excluding hydrogens is 486 g/mol. The van der Waals surface area contributed by atoms with Crippen molar-refractivity contribution in [1.29, 1.82) is 0 Å². The molecule has 10 atom stereocenters. The molecule has 0 aromatic heterocycles. The van der Waals surface area contributed by atoms with Crippen LogP contribution in [0.25, 0.3) is 0 Å². The van der Waals surface area contributed by atoms with E-state index in [-0.39, 0.29) is 49.5 Å². The Morgan fingerprint density at radius 3 is 2.57 bits per heavy atom. The van der Waals surface area contributed by atoms with E-state index >= 15 is 0 Å². The van der Waals surface area contributed by atoms with Crippen LogP contribution in [-0.2, 0) is 42.7 Å². The highest BCUT2D eigenvalue weighted by Gasteiger charge is 2.57. The highest BCUT2D eigenvalue weighted by atomic mass is 16.7. The summed E-state index contributed by atoms with van der Waals surface area (Å²) in [6, 6.07) is 0. The largest absolute Gasteiger partial charge is 0.462 e. The van der Waals surface area contributed by atoms with Crippen LogP contribution in [-0.4, -0.2) is 92.7 Å². The first-order valence-electron chi connectivity index (χ1n) is 12.9. The van der Waals surface area contributed by atoms with E-state index in [1.54, 1.807) is 7.11 Å². The Hall–Kier alpha value is -1.60. The van der Waals surface area contributed by atoms with Crippen LogP contribution in [0.5, 0.6) is 0 Å². The smallest absolute Gasteiger partial charge is 0.306 e. The Morgan fingerprint density at radius 2 is 1.97 bits per heavy atom. The van der Waals surface area contributed by atoms with Gasteiger partial charge in [-0.1, -0.05) is 32.9 Å². The lowest BCUT2D eigenvalue weighted by Crippen LogP contribution is -2.69. The van der Waals surface area contributed by atoms with Gasteiger partial charge < -0.3 is 43.6 Å². The summed E-state index contributed by atoms with van der Waals surface area (Å²) in [5.74, 6) is -2.46. The molecule has 4 rings (SSSR count). The summed E-state index contributed by atoms with van der Waals surface area (Å²) in [5, 5.41) is 13.8. The summed E-state index contributed by atoms with van der Waals surface area (Å²) in [7, 11) is 3.00. The number of cyclic esters (lactones) is 1. The molecule has 11 nitrogen and oxygen atoms in total. The molecule has 4 aliphatic rings. The fraction of sp³-hybridized carbons (Fsp3) is 0.846. The lowest BCUT2D eigenvalue weighted by atomic mass is 9.72. The summed E-state index contributed by atoms with van der Waals surface area (Å²) in [6.45, 7) is 11.9. The van der Waals surface area contributed by atoms with Crippen molar-refractivity contribution in [3.63, 3.8) is 0 Å². The standard InChI is InChI=1S/C26H41NO10/c1-13-11-26(32-7,37-15(3)14(13)2)21(29)23(30)27-24-20-19(33-12-34-24)22(31-6)25(4,5)17(36-20)10-16-8-9-18(28)35-16/h14-17,19-22,24,29H,1,8-12H2,2-7H3,(H,27,30)/t14-,15-,16-,17-,19+,20+,21-,22-,24+,26-/m1/s1. The van der Waals surface area contributed by atoms with E-state index in [4.69, 9.17) is 33.2 Å². The summed E-state index contributed by atoms with van der Waals surface area (Å²) in [4.78, 5) is 25.0. The number of amides is 1. The van der Waals surface area contributed by atoms with Gasteiger partial charge in [0.25, 0.3) is 5.91 Å². The molecule has 4 aliphatic heterocycles. The van der Waals surface area contributed by atoms with Crippen molar-refractivity contribution in [3.05, 3.63) is 12.2 Å². The molecule has 0 spiro atoms.